The predicted octanol–water partition coefficient (Wildman–Crippen LogP) is 6.02. The summed E-state index contributed by atoms with van der Waals surface area (Å²) in [7, 11) is 0. The third kappa shape index (κ3) is 2.89. The highest BCUT2D eigenvalue weighted by atomic mass is 19.1. The lowest BCUT2D eigenvalue weighted by atomic mass is 9.94. The molecule has 0 fully saturated rings. The molecule has 5 rings (SSSR count). The molecule has 1 aliphatic heterocycles. The summed E-state index contributed by atoms with van der Waals surface area (Å²) in [6.45, 7) is 6.47. The number of para-hydroxylation sites is 1. The van der Waals surface area contributed by atoms with E-state index in [9.17, 15) is 4.39 Å². The Bertz CT molecular complexity index is 1230. The van der Waals surface area contributed by atoms with E-state index in [1.165, 1.54) is 17.7 Å². The van der Waals surface area contributed by atoms with E-state index in [-0.39, 0.29) is 5.82 Å². The van der Waals surface area contributed by atoms with Crippen LogP contribution in [-0.4, -0.2) is 14.8 Å². The van der Waals surface area contributed by atoms with Gasteiger partial charge in [0, 0.05) is 16.8 Å². The Morgan fingerprint density at radius 1 is 0.967 bits per heavy atom. The van der Waals surface area contributed by atoms with Crippen molar-refractivity contribution in [1.29, 1.82) is 0 Å². The van der Waals surface area contributed by atoms with Gasteiger partial charge in [-0.3, -0.25) is 0 Å². The lowest BCUT2D eigenvalue weighted by Gasteiger charge is -2.38. The molecule has 150 valence electrons. The molecule has 3 aromatic carbocycles. The molecule has 0 aliphatic carbocycles. The zero-order valence-corrected chi connectivity index (χ0v) is 17.2. The molecule has 5 heteroatoms. The SMILES string of the molecule is CC(C)c1ccc(C2(C)Nc3ccccc3-c3nc(-c4cccc(F)c4)nn32)cc1. The number of benzene rings is 3. The average Bonchev–Trinajstić information content (AvgIpc) is 3.21. The second kappa shape index (κ2) is 6.80. The van der Waals surface area contributed by atoms with Gasteiger partial charge in [0.15, 0.2) is 17.3 Å². The maximum absolute atomic E-state index is 13.8. The Hall–Kier alpha value is -3.47. The molecule has 4 aromatic rings. The fourth-order valence-corrected chi connectivity index (χ4v) is 4.04. The molecular weight excluding hydrogens is 375 g/mol. The van der Waals surface area contributed by atoms with Crippen molar-refractivity contribution in [2.75, 3.05) is 5.32 Å². The first-order chi connectivity index (χ1) is 14.5. The van der Waals surface area contributed by atoms with Crippen LogP contribution in [0.3, 0.4) is 0 Å². The van der Waals surface area contributed by atoms with E-state index < -0.39 is 5.66 Å². The van der Waals surface area contributed by atoms with Gasteiger partial charge >= 0.3 is 0 Å². The number of nitrogens with one attached hydrogen (secondary N) is 1. The van der Waals surface area contributed by atoms with Gasteiger partial charge in [0.05, 0.1) is 0 Å². The first-order valence-corrected chi connectivity index (χ1v) is 10.2. The molecule has 0 bridgehead atoms. The molecule has 1 atom stereocenters. The maximum Gasteiger partial charge on any atom is 0.181 e. The molecule has 1 aromatic heterocycles. The number of fused-ring (bicyclic) bond motifs is 3. The Kier molecular flexibility index (Phi) is 4.21. The van der Waals surface area contributed by atoms with Gasteiger partial charge in [-0.1, -0.05) is 62.4 Å². The highest BCUT2D eigenvalue weighted by Gasteiger charge is 2.38. The molecule has 4 nitrogen and oxygen atoms in total. The topological polar surface area (TPSA) is 42.7 Å². The number of rotatable bonds is 3. The van der Waals surface area contributed by atoms with E-state index in [1.807, 2.05) is 28.9 Å². The van der Waals surface area contributed by atoms with E-state index in [4.69, 9.17) is 10.1 Å². The Morgan fingerprint density at radius 3 is 2.47 bits per heavy atom. The first kappa shape index (κ1) is 18.6. The van der Waals surface area contributed by atoms with Crippen LogP contribution in [0.25, 0.3) is 22.8 Å². The molecule has 0 saturated heterocycles. The van der Waals surface area contributed by atoms with Crippen molar-refractivity contribution in [3.05, 3.63) is 89.7 Å². The van der Waals surface area contributed by atoms with Crippen LogP contribution in [0.1, 0.15) is 37.8 Å². The van der Waals surface area contributed by atoms with Crippen LogP contribution in [0.4, 0.5) is 10.1 Å². The van der Waals surface area contributed by atoms with Crippen molar-refractivity contribution < 1.29 is 4.39 Å². The third-order valence-electron chi connectivity index (χ3n) is 5.80. The smallest absolute Gasteiger partial charge is 0.181 e. The molecule has 1 N–H and O–H groups in total. The van der Waals surface area contributed by atoms with Gasteiger partial charge in [-0.05, 0) is 48.2 Å². The molecule has 2 heterocycles. The van der Waals surface area contributed by atoms with Crippen molar-refractivity contribution in [3.63, 3.8) is 0 Å². The van der Waals surface area contributed by atoms with Crippen LogP contribution in [0.2, 0.25) is 0 Å². The monoisotopic (exact) mass is 398 g/mol. The van der Waals surface area contributed by atoms with E-state index in [2.05, 4.69) is 56.4 Å². The van der Waals surface area contributed by atoms with Crippen molar-refractivity contribution in [2.24, 2.45) is 0 Å². The van der Waals surface area contributed by atoms with Crippen molar-refractivity contribution in [3.8, 4) is 22.8 Å². The molecule has 1 aliphatic rings. The molecule has 1 unspecified atom stereocenters. The van der Waals surface area contributed by atoms with E-state index in [0.29, 0.717) is 17.3 Å². The fourth-order valence-electron chi connectivity index (χ4n) is 4.04. The fraction of sp³-hybridized carbons (Fsp3) is 0.200. The van der Waals surface area contributed by atoms with E-state index in [1.54, 1.807) is 6.07 Å². The number of aromatic nitrogens is 3. The van der Waals surface area contributed by atoms with Crippen molar-refractivity contribution in [2.45, 2.75) is 32.4 Å². The van der Waals surface area contributed by atoms with Gasteiger partial charge in [-0.2, -0.15) is 0 Å². The van der Waals surface area contributed by atoms with E-state index >= 15 is 0 Å². The minimum absolute atomic E-state index is 0.300. The number of anilines is 1. The number of nitrogens with zero attached hydrogens (tertiary/aromatic N) is 3. The largest absolute Gasteiger partial charge is 0.357 e. The lowest BCUT2D eigenvalue weighted by Crippen LogP contribution is -2.43. The van der Waals surface area contributed by atoms with Crippen LogP contribution < -0.4 is 5.32 Å². The summed E-state index contributed by atoms with van der Waals surface area (Å²) in [6, 6.07) is 23.1. The standard InChI is InChI=1S/C25H23FN4/c1-16(2)17-11-13-19(14-12-17)25(3)28-22-10-5-4-9-21(22)24-27-23(29-30(24)25)18-7-6-8-20(26)15-18/h4-16,28H,1-3H3. The van der Waals surface area contributed by atoms with Gasteiger partial charge in [-0.15, -0.1) is 5.10 Å². The zero-order chi connectivity index (χ0) is 20.9. The minimum atomic E-state index is -0.627. The van der Waals surface area contributed by atoms with Crippen LogP contribution in [0.5, 0.6) is 0 Å². The van der Waals surface area contributed by atoms with Crippen LogP contribution in [-0.2, 0) is 5.66 Å². The Morgan fingerprint density at radius 2 is 1.73 bits per heavy atom. The van der Waals surface area contributed by atoms with Crippen LogP contribution in [0, 0.1) is 5.82 Å². The average molecular weight is 398 g/mol. The summed E-state index contributed by atoms with van der Waals surface area (Å²) in [5.41, 5.74) is 4.38. The molecule has 0 saturated carbocycles. The quantitative estimate of drug-likeness (QED) is 0.459. The molecule has 0 radical (unpaired) electrons. The molecule has 0 amide bonds. The Labute approximate surface area is 175 Å². The summed E-state index contributed by atoms with van der Waals surface area (Å²) in [5.74, 6) is 1.44. The summed E-state index contributed by atoms with van der Waals surface area (Å²) >= 11 is 0. The zero-order valence-electron chi connectivity index (χ0n) is 17.2. The van der Waals surface area contributed by atoms with Crippen LogP contribution in [0.15, 0.2) is 72.8 Å². The second-order valence-corrected chi connectivity index (χ2v) is 8.20. The summed E-state index contributed by atoms with van der Waals surface area (Å²) in [5, 5.41) is 8.48. The van der Waals surface area contributed by atoms with Gasteiger partial charge < -0.3 is 5.32 Å². The van der Waals surface area contributed by atoms with Crippen LogP contribution >= 0.6 is 0 Å². The predicted molar refractivity (Wildman–Crippen MR) is 118 cm³/mol. The highest BCUT2D eigenvalue weighted by molar-refractivity contribution is 5.78. The molecular formula is C25H23FN4. The Balaban J connectivity index is 1.70. The number of hydrogen-bond acceptors (Lipinski definition) is 3. The first-order valence-electron chi connectivity index (χ1n) is 10.2. The highest BCUT2D eigenvalue weighted by Crippen LogP contribution is 2.41. The normalized spacial score (nSPS) is 17.4. The maximum atomic E-state index is 13.8. The summed E-state index contributed by atoms with van der Waals surface area (Å²) in [4.78, 5) is 4.82. The second-order valence-electron chi connectivity index (χ2n) is 8.20. The van der Waals surface area contributed by atoms with Crippen molar-refractivity contribution >= 4 is 5.69 Å². The van der Waals surface area contributed by atoms with Gasteiger partial charge in [0.25, 0.3) is 0 Å². The van der Waals surface area contributed by atoms with Gasteiger partial charge in [-0.25, -0.2) is 14.1 Å². The van der Waals surface area contributed by atoms with Crippen molar-refractivity contribution in [1.82, 2.24) is 14.8 Å². The number of hydrogen-bond donors (Lipinski definition) is 1. The number of halogens is 1. The molecule has 0 spiro atoms. The minimum Gasteiger partial charge on any atom is -0.357 e. The lowest BCUT2D eigenvalue weighted by molar-refractivity contribution is 0.403. The van der Waals surface area contributed by atoms with Gasteiger partial charge in [0.1, 0.15) is 5.82 Å². The van der Waals surface area contributed by atoms with E-state index in [0.717, 1.165) is 22.6 Å². The summed E-state index contributed by atoms with van der Waals surface area (Å²) < 4.78 is 15.7. The summed E-state index contributed by atoms with van der Waals surface area (Å²) in [6.07, 6.45) is 0. The van der Waals surface area contributed by atoms with Gasteiger partial charge in [0.2, 0.25) is 0 Å². The third-order valence-corrected chi connectivity index (χ3v) is 5.80. The molecule has 30 heavy (non-hydrogen) atoms.